The van der Waals surface area contributed by atoms with Crippen LogP contribution in [-0.4, -0.2) is 67.5 Å². The van der Waals surface area contributed by atoms with Crippen molar-refractivity contribution in [3.05, 3.63) is 24.3 Å². The molecular weight excluding hydrogens is 402 g/mol. The second kappa shape index (κ2) is 9.77. The van der Waals surface area contributed by atoms with Gasteiger partial charge in [0.1, 0.15) is 0 Å². The van der Waals surface area contributed by atoms with Gasteiger partial charge >= 0.3 is 0 Å². The van der Waals surface area contributed by atoms with Gasteiger partial charge in [-0.15, -0.1) is 0 Å². The van der Waals surface area contributed by atoms with Gasteiger partial charge in [0.15, 0.2) is 0 Å². The van der Waals surface area contributed by atoms with Crippen molar-refractivity contribution in [1.29, 1.82) is 0 Å². The molecule has 2 fully saturated rings. The van der Waals surface area contributed by atoms with Gasteiger partial charge in [-0.1, -0.05) is 12.8 Å². The molecule has 1 saturated heterocycles. The Hall–Kier alpha value is -1.48. The number of ether oxygens (including phenoxy) is 1. The number of nitrogens with zero attached hydrogens (tertiary/aromatic N) is 2. The summed E-state index contributed by atoms with van der Waals surface area (Å²) in [5.74, 6) is -0.0676. The Balaban J connectivity index is 1.63. The lowest BCUT2D eigenvalue weighted by molar-refractivity contribution is -0.118. The zero-order valence-electron chi connectivity index (χ0n) is 18.5. The van der Waals surface area contributed by atoms with Crippen molar-refractivity contribution in [3.8, 4) is 0 Å². The van der Waals surface area contributed by atoms with Gasteiger partial charge in [0.05, 0.1) is 23.6 Å². The highest BCUT2D eigenvalue weighted by Gasteiger charge is 2.32. The molecule has 7 nitrogen and oxygen atoms in total. The number of amides is 1. The first kappa shape index (κ1) is 23.2. The first-order valence-corrected chi connectivity index (χ1v) is 12.4. The summed E-state index contributed by atoms with van der Waals surface area (Å²) in [7, 11) is -3.58. The van der Waals surface area contributed by atoms with Gasteiger partial charge in [-0.3, -0.25) is 9.69 Å². The van der Waals surface area contributed by atoms with Crippen LogP contribution >= 0.6 is 0 Å². The molecule has 0 bridgehead atoms. The molecule has 1 amide bonds. The van der Waals surface area contributed by atoms with Crippen LogP contribution in [0.3, 0.4) is 0 Å². The fraction of sp³-hybridized carbons (Fsp3) is 0.682. The van der Waals surface area contributed by atoms with Crippen molar-refractivity contribution in [2.75, 3.05) is 25.0 Å². The predicted octanol–water partition coefficient (Wildman–Crippen LogP) is 3.08. The van der Waals surface area contributed by atoms with Gasteiger partial charge in [-0.2, -0.15) is 4.31 Å². The first-order valence-electron chi connectivity index (χ1n) is 11.0. The summed E-state index contributed by atoms with van der Waals surface area (Å²) in [6, 6.07) is 7.23. The van der Waals surface area contributed by atoms with Crippen LogP contribution in [0.2, 0.25) is 0 Å². The van der Waals surface area contributed by atoms with Crippen molar-refractivity contribution in [3.63, 3.8) is 0 Å². The highest BCUT2D eigenvalue weighted by molar-refractivity contribution is 7.89. The minimum Gasteiger partial charge on any atom is -0.373 e. The molecule has 0 aromatic heterocycles. The summed E-state index contributed by atoms with van der Waals surface area (Å²) in [6.07, 6.45) is 4.49. The molecule has 1 aromatic carbocycles. The van der Waals surface area contributed by atoms with Crippen molar-refractivity contribution in [1.82, 2.24) is 9.21 Å². The molecule has 1 aliphatic heterocycles. The molecule has 1 saturated carbocycles. The quantitative estimate of drug-likeness (QED) is 0.709. The minimum absolute atomic E-state index is 0.0676. The first-order chi connectivity index (χ1) is 14.2. The van der Waals surface area contributed by atoms with Crippen LogP contribution in [0.5, 0.6) is 0 Å². The van der Waals surface area contributed by atoms with Crippen LogP contribution in [-0.2, 0) is 19.6 Å². The molecule has 1 heterocycles. The van der Waals surface area contributed by atoms with Gasteiger partial charge in [0.25, 0.3) is 0 Å². The second-order valence-electron chi connectivity index (χ2n) is 8.86. The van der Waals surface area contributed by atoms with Gasteiger partial charge in [-0.05, 0) is 64.8 Å². The normalized spacial score (nSPS) is 23.9. The zero-order valence-corrected chi connectivity index (χ0v) is 19.3. The third-order valence-electron chi connectivity index (χ3n) is 5.95. The van der Waals surface area contributed by atoms with Crippen LogP contribution < -0.4 is 5.32 Å². The largest absolute Gasteiger partial charge is 0.373 e. The molecule has 1 aliphatic carbocycles. The highest BCUT2D eigenvalue weighted by Crippen LogP contribution is 2.25. The van der Waals surface area contributed by atoms with Gasteiger partial charge in [0, 0.05) is 30.9 Å². The third kappa shape index (κ3) is 5.60. The summed E-state index contributed by atoms with van der Waals surface area (Å²) in [5.41, 5.74) is 0.609. The standard InChI is InChI=1S/C22H35N3O4S/c1-16(2)25(20-7-5-6-8-20)15-22(26)23-19-9-11-21(12-10-19)30(27,28)24-13-17(3)29-18(4)14-24/h9-12,16-18,20H,5-8,13-15H2,1-4H3,(H,23,26). The van der Waals surface area contributed by atoms with E-state index in [9.17, 15) is 13.2 Å². The van der Waals surface area contributed by atoms with E-state index in [2.05, 4.69) is 24.1 Å². The lowest BCUT2D eigenvalue weighted by Crippen LogP contribution is -2.48. The molecule has 30 heavy (non-hydrogen) atoms. The lowest BCUT2D eigenvalue weighted by Gasteiger charge is -2.34. The van der Waals surface area contributed by atoms with Crippen LogP contribution in [0, 0.1) is 0 Å². The molecule has 1 N–H and O–H groups in total. The number of morpholine rings is 1. The van der Waals surface area contributed by atoms with E-state index in [-0.39, 0.29) is 23.0 Å². The molecule has 3 rings (SSSR count). The Morgan fingerprint density at radius 1 is 1.13 bits per heavy atom. The molecule has 168 valence electrons. The number of hydrogen-bond donors (Lipinski definition) is 1. The topological polar surface area (TPSA) is 79.0 Å². The maximum Gasteiger partial charge on any atom is 0.243 e. The summed E-state index contributed by atoms with van der Waals surface area (Å²) in [5, 5.41) is 2.91. The zero-order chi connectivity index (χ0) is 21.9. The van der Waals surface area contributed by atoms with E-state index in [4.69, 9.17) is 4.74 Å². The fourth-order valence-corrected chi connectivity index (χ4v) is 6.11. The molecular formula is C22H35N3O4S. The minimum atomic E-state index is -3.58. The Morgan fingerprint density at radius 2 is 1.70 bits per heavy atom. The number of hydrogen-bond acceptors (Lipinski definition) is 5. The monoisotopic (exact) mass is 437 g/mol. The average molecular weight is 438 g/mol. The summed E-state index contributed by atoms with van der Waals surface area (Å²) < 4.78 is 33.0. The highest BCUT2D eigenvalue weighted by atomic mass is 32.2. The molecule has 1 aromatic rings. The van der Waals surface area contributed by atoms with E-state index >= 15 is 0 Å². The van der Waals surface area contributed by atoms with Crippen molar-refractivity contribution >= 4 is 21.6 Å². The van der Waals surface area contributed by atoms with Gasteiger partial charge in [-0.25, -0.2) is 8.42 Å². The van der Waals surface area contributed by atoms with Crippen LogP contribution in [0.25, 0.3) is 0 Å². The Bertz CT molecular complexity index is 809. The molecule has 0 spiro atoms. The number of carbonyl (C=O) groups is 1. The summed E-state index contributed by atoms with van der Waals surface area (Å²) in [4.78, 5) is 15.1. The number of benzene rings is 1. The van der Waals surface area contributed by atoms with Gasteiger partial charge in [0.2, 0.25) is 15.9 Å². The van der Waals surface area contributed by atoms with E-state index in [1.807, 2.05) is 13.8 Å². The summed E-state index contributed by atoms with van der Waals surface area (Å²) >= 11 is 0. The lowest BCUT2D eigenvalue weighted by atomic mass is 10.1. The van der Waals surface area contributed by atoms with Crippen molar-refractivity contribution in [2.45, 2.75) is 82.6 Å². The number of carbonyl (C=O) groups excluding carboxylic acids is 1. The van der Waals surface area contributed by atoms with Crippen molar-refractivity contribution < 1.29 is 17.9 Å². The fourth-order valence-electron chi connectivity index (χ4n) is 4.52. The molecule has 2 atom stereocenters. The molecule has 2 aliphatic rings. The molecule has 2 unspecified atom stereocenters. The van der Waals surface area contributed by atoms with E-state index in [1.165, 1.54) is 17.1 Å². The second-order valence-corrected chi connectivity index (χ2v) is 10.8. The number of rotatable bonds is 7. The maximum absolute atomic E-state index is 13.0. The summed E-state index contributed by atoms with van der Waals surface area (Å²) in [6.45, 7) is 9.05. The molecule has 0 radical (unpaired) electrons. The predicted molar refractivity (Wildman–Crippen MR) is 118 cm³/mol. The Morgan fingerprint density at radius 3 is 2.23 bits per heavy atom. The smallest absolute Gasteiger partial charge is 0.243 e. The maximum atomic E-state index is 13.0. The van der Waals surface area contributed by atoms with Gasteiger partial charge < -0.3 is 10.1 Å². The van der Waals surface area contributed by atoms with E-state index in [1.54, 1.807) is 24.3 Å². The SMILES string of the molecule is CC1CN(S(=O)(=O)c2ccc(NC(=O)CN(C(C)C)C3CCCC3)cc2)CC(C)O1. The Kier molecular flexibility index (Phi) is 7.55. The number of sulfonamides is 1. The third-order valence-corrected chi connectivity index (χ3v) is 7.79. The van der Waals surface area contributed by atoms with E-state index in [0.717, 1.165) is 12.8 Å². The van der Waals surface area contributed by atoms with E-state index < -0.39 is 10.0 Å². The number of anilines is 1. The van der Waals surface area contributed by atoms with Crippen LogP contribution in [0.1, 0.15) is 53.4 Å². The van der Waals surface area contributed by atoms with Crippen LogP contribution in [0.4, 0.5) is 5.69 Å². The Labute approximate surface area is 180 Å². The van der Waals surface area contributed by atoms with Crippen molar-refractivity contribution in [2.24, 2.45) is 0 Å². The van der Waals surface area contributed by atoms with Crippen LogP contribution in [0.15, 0.2) is 29.2 Å². The average Bonchev–Trinajstić information content (AvgIpc) is 3.20. The molecule has 8 heteroatoms. The van der Waals surface area contributed by atoms with E-state index in [0.29, 0.717) is 37.4 Å². The number of nitrogens with one attached hydrogen (secondary N) is 1.